The number of benzene rings is 1. The Balaban J connectivity index is 1.91. The SMILES string of the molecule is C[C@H]1CN(c2c([N+](=O)[O-])ncn2C)C[C@H](c2ccc(F)cc2)O1. The Kier molecular flexibility index (Phi) is 3.99. The first-order valence-electron chi connectivity index (χ1n) is 7.27. The van der Waals surface area contributed by atoms with E-state index in [1.54, 1.807) is 23.7 Å². The van der Waals surface area contributed by atoms with E-state index in [0.29, 0.717) is 18.9 Å². The van der Waals surface area contributed by atoms with Crippen LogP contribution < -0.4 is 4.90 Å². The Morgan fingerprint density at radius 2 is 2.04 bits per heavy atom. The maximum atomic E-state index is 13.1. The van der Waals surface area contributed by atoms with Crippen LogP contribution in [0, 0.1) is 15.9 Å². The van der Waals surface area contributed by atoms with Gasteiger partial charge in [-0.05, 0) is 34.5 Å². The predicted octanol–water partition coefficient (Wildman–Crippen LogP) is 2.43. The molecule has 0 radical (unpaired) electrons. The summed E-state index contributed by atoms with van der Waals surface area (Å²) in [5.41, 5.74) is 0.841. The lowest BCUT2D eigenvalue weighted by atomic mass is 10.1. The van der Waals surface area contributed by atoms with E-state index in [-0.39, 0.29) is 23.8 Å². The molecule has 0 unspecified atom stereocenters. The first-order chi connectivity index (χ1) is 11.0. The molecule has 1 saturated heterocycles. The van der Waals surface area contributed by atoms with Gasteiger partial charge < -0.3 is 19.8 Å². The van der Waals surface area contributed by atoms with Crippen molar-refractivity contribution in [1.82, 2.24) is 9.55 Å². The van der Waals surface area contributed by atoms with Crippen molar-refractivity contribution in [1.29, 1.82) is 0 Å². The highest BCUT2D eigenvalue weighted by atomic mass is 19.1. The number of anilines is 1. The maximum absolute atomic E-state index is 13.1. The number of hydrogen-bond donors (Lipinski definition) is 0. The molecule has 0 bridgehead atoms. The molecule has 1 fully saturated rings. The van der Waals surface area contributed by atoms with Gasteiger partial charge in [0.1, 0.15) is 11.9 Å². The average Bonchev–Trinajstić information content (AvgIpc) is 2.89. The lowest BCUT2D eigenvalue weighted by molar-refractivity contribution is -0.388. The molecular weight excluding hydrogens is 303 g/mol. The van der Waals surface area contributed by atoms with Gasteiger partial charge in [-0.1, -0.05) is 12.1 Å². The van der Waals surface area contributed by atoms with Crippen molar-refractivity contribution in [3.63, 3.8) is 0 Å². The van der Waals surface area contributed by atoms with Gasteiger partial charge in [-0.3, -0.25) is 4.57 Å². The van der Waals surface area contributed by atoms with Crippen LogP contribution in [-0.2, 0) is 11.8 Å². The van der Waals surface area contributed by atoms with E-state index in [4.69, 9.17) is 4.74 Å². The average molecular weight is 320 g/mol. The smallest absolute Gasteiger partial charge is 0.367 e. The molecule has 8 heteroatoms. The molecule has 1 aromatic heterocycles. The van der Waals surface area contributed by atoms with E-state index in [1.807, 2.05) is 11.8 Å². The molecule has 3 rings (SSSR count). The van der Waals surface area contributed by atoms with Crippen molar-refractivity contribution in [3.8, 4) is 0 Å². The zero-order valence-electron chi connectivity index (χ0n) is 12.8. The van der Waals surface area contributed by atoms with Gasteiger partial charge in [0.2, 0.25) is 12.1 Å². The number of nitrogens with zero attached hydrogens (tertiary/aromatic N) is 4. The largest absolute Gasteiger partial charge is 0.406 e. The van der Waals surface area contributed by atoms with Crippen LogP contribution in [0.5, 0.6) is 0 Å². The molecule has 1 aliphatic rings. The minimum Gasteiger partial charge on any atom is -0.367 e. The van der Waals surface area contributed by atoms with E-state index in [0.717, 1.165) is 5.56 Å². The topological polar surface area (TPSA) is 73.4 Å². The highest BCUT2D eigenvalue weighted by molar-refractivity contribution is 5.55. The van der Waals surface area contributed by atoms with Crippen molar-refractivity contribution >= 4 is 11.6 Å². The Morgan fingerprint density at radius 3 is 2.70 bits per heavy atom. The van der Waals surface area contributed by atoms with Gasteiger partial charge in [0.05, 0.1) is 12.6 Å². The Labute approximate surface area is 132 Å². The van der Waals surface area contributed by atoms with E-state index in [2.05, 4.69) is 4.98 Å². The number of halogens is 1. The molecule has 0 saturated carbocycles. The van der Waals surface area contributed by atoms with Gasteiger partial charge in [0.15, 0.2) is 0 Å². The van der Waals surface area contributed by atoms with Crippen molar-refractivity contribution in [3.05, 3.63) is 52.1 Å². The van der Waals surface area contributed by atoms with Gasteiger partial charge in [-0.2, -0.15) is 0 Å². The Bertz CT molecular complexity index is 716. The quantitative estimate of drug-likeness (QED) is 0.641. The first-order valence-corrected chi connectivity index (χ1v) is 7.27. The van der Waals surface area contributed by atoms with E-state index in [1.165, 1.54) is 18.5 Å². The summed E-state index contributed by atoms with van der Waals surface area (Å²) in [5.74, 6) is -0.0199. The molecule has 0 amide bonds. The number of rotatable bonds is 3. The summed E-state index contributed by atoms with van der Waals surface area (Å²) < 4.78 is 20.6. The van der Waals surface area contributed by atoms with Crippen LogP contribution in [-0.4, -0.2) is 33.7 Å². The number of aryl methyl sites for hydroxylation is 1. The van der Waals surface area contributed by atoms with E-state index >= 15 is 0 Å². The van der Waals surface area contributed by atoms with E-state index in [9.17, 15) is 14.5 Å². The summed E-state index contributed by atoms with van der Waals surface area (Å²) in [6.45, 7) is 2.87. The van der Waals surface area contributed by atoms with Crippen molar-refractivity contribution < 1.29 is 14.1 Å². The molecule has 1 aliphatic heterocycles. The molecular formula is C15H17FN4O3. The predicted molar refractivity (Wildman–Crippen MR) is 81.8 cm³/mol. The van der Waals surface area contributed by atoms with Crippen LogP contribution in [0.15, 0.2) is 30.6 Å². The fourth-order valence-electron chi connectivity index (χ4n) is 2.89. The third-order valence-corrected chi connectivity index (χ3v) is 3.86. The Morgan fingerprint density at radius 1 is 1.35 bits per heavy atom. The van der Waals surface area contributed by atoms with Crippen LogP contribution in [0.4, 0.5) is 16.0 Å². The number of hydrogen-bond acceptors (Lipinski definition) is 5. The fourth-order valence-corrected chi connectivity index (χ4v) is 2.89. The third kappa shape index (κ3) is 3.02. The van der Waals surface area contributed by atoms with Crippen molar-refractivity contribution in [2.24, 2.45) is 7.05 Å². The molecule has 1 aromatic carbocycles. The molecule has 2 heterocycles. The highest BCUT2D eigenvalue weighted by Crippen LogP contribution is 2.32. The van der Waals surface area contributed by atoms with Crippen molar-refractivity contribution in [2.75, 3.05) is 18.0 Å². The standard InChI is InChI=1S/C15H17FN4O3/c1-10-7-19(15-14(20(21)22)17-9-18(15)2)8-13(23-10)11-3-5-12(16)6-4-11/h3-6,9-10,13H,7-8H2,1-2H3/t10-,13+/m0/s1. The second kappa shape index (κ2) is 5.96. The summed E-state index contributed by atoms with van der Waals surface area (Å²) in [5, 5.41) is 11.2. The minimum absolute atomic E-state index is 0.117. The summed E-state index contributed by atoms with van der Waals surface area (Å²) in [6.07, 6.45) is 1.03. The normalized spacial score (nSPS) is 21.4. The van der Waals surface area contributed by atoms with Gasteiger partial charge in [-0.15, -0.1) is 0 Å². The maximum Gasteiger partial charge on any atom is 0.406 e. The molecule has 23 heavy (non-hydrogen) atoms. The molecule has 7 nitrogen and oxygen atoms in total. The Hall–Kier alpha value is -2.48. The van der Waals surface area contributed by atoms with Crippen LogP contribution in [0.3, 0.4) is 0 Å². The van der Waals surface area contributed by atoms with Crippen LogP contribution >= 0.6 is 0 Å². The second-order valence-electron chi connectivity index (χ2n) is 5.65. The van der Waals surface area contributed by atoms with Crippen LogP contribution in [0.25, 0.3) is 0 Å². The molecule has 2 aromatic rings. The molecule has 0 spiro atoms. The number of morpholine rings is 1. The van der Waals surface area contributed by atoms with Gasteiger partial charge >= 0.3 is 5.82 Å². The fraction of sp³-hybridized carbons (Fsp3) is 0.400. The zero-order chi connectivity index (χ0) is 16.6. The van der Waals surface area contributed by atoms with E-state index < -0.39 is 4.92 Å². The minimum atomic E-state index is -0.484. The zero-order valence-corrected chi connectivity index (χ0v) is 12.8. The van der Waals surface area contributed by atoms with Gasteiger partial charge in [-0.25, -0.2) is 4.39 Å². The first kappa shape index (κ1) is 15.4. The summed E-state index contributed by atoms with van der Waals surface area (Å²) >= 11 is 0. The van der Waals surface area contributed by atoms with Crippen molar-refractivity contribution in [2.45, 2.75) is 19.1 Å². The molecule has 122 valence electrons. The molecule has 0 aliphatic carbocycles. The monoisotopic (exact) mass is 320 g/mol. The number of ether oxygens (including phenoxy) is 1. The van der Waals surface area contributed by atoms with Crippen LogP contribution in [0.1, 0.15) is 18.6 Å². The van der Waals surface area contributed by atoms with Gasteiger partial charge in [0.25, 0.3) is 0 Å². The lowest BCUT2D eigenvalue weighted by Gasteiger charge is -2.37. The molecule has 2 atom stereocenters. The third-order valence-electron chi connectivity index (χ3n) is 3.86. The van der Waals surface area contributed by atoms with Crippen LogP contribution in [0.2, 0.25) is 0 Å². The number of aromatic nitrogens is 2. The number of nitro groups is 1. The lowest BCUT2D eigenvalue weighted by Crippen LogP contribution is -2.43. The van der Waals surface area contributed by atoms with Gasteiger partial charge in [0, 0.05) is 13.6 Å². The summed E-state index contributed by atoms with van der Waals surface area (Å²) in [7, 11) is 1.72. The highest BCUT2D eigenvalue weighted by Gasteiger charge is 2.33. The molecule has 0 N–H and O–H groups in total. The summed E-state index contributed by atoms with van der Waals surface area (Å²) in [4.78, 5) is 16.4. The second-order valence-corrected chi connectivity index (χ2v) is 5.65. The summed E-state index contributed by atoms with van der Waals surface area (Å²) in [6, 6.07) is 6.12. The number of imidazole rings is 1.